The van der Waals surface area contributed by atoms with Crippen LogP contribution in [0.25, 0.3) is 0 Å². The van der Waals surface area contributed by atoms with Crippen LogP contribution >= 0.6 is 0 Å². The minimum atomic E-state index is -0.165. The van der Waals surface area contributed by atoms with Crippen molar-refractivity contribution < 1.29 is 9.90 Å². The van der Waals surface area contributed by atoms with Crippen LogP contribution in [0.1, 0.15) is 36.2 Å². The van der Waals surface area contributed by atoms with Gasteiger partial charge in [-0.15, -0.1) is 0 Å². The third kappa shape index (κ3) is 4.19. The first-order valence-corrected chi connectivity index (χ1v) is 6.02. The molecular weight excluding hydrogens is 214 g/mol. The van der Waals surface area contributed by atoms with Crippen LogP contribution in [-0.4, -0.2) is 23.7 Å². The molecular formula is C14H21NO2. The molecule has 0 aliphatic rings. The molecule has 0 heterocycles. The lowest BCUT2D eigenvalue weighted by molar-refractivity contribution is 0.0907. The van der Waals surface area contributed by atoms with E-state index in [0.29, 0.717) is 11.5 Å². The molecule has 2 N–H and O–H groups in total. The predicted octanol–water partition coefficient (Wildman–Crippen LogP) is 2.13. The Morgan fingerprint density at radius 2 is 2.00 bits per heavy atom. The molecule has 0 saturated heterocycles. The highest BCUT2D eigenvalue weighted by molar-refractivity contribution is 5.95. The Balaban J connectivity index is 2.68. The number of carbonyl (C=O) groups excluding carboxylic acids is 1. The number of aryl methyl sites for hydroxylation is 1. The molecule has 0 radical (unpaired) electrons. The maximum Gasteiger partial charge on any atom is 0.251 e. The van der Waals surface area contributed by atoms with Crippen LogP contribution in [0.15, 0.2) is 24.3 Å². The van der Waals surface area contributed by atoms with Crippen LogP contribution in [0.5, 0.6) is 0 Å². The smallest absolute Gasteiger partial charge is 0.251 e. The van der Waals surface area contributed by atoms with Crippen molar-refractivity contribution >= 4 is 5.91 Å². The minimum Gasteiger partial charge on any atom is -0.394 e. The van der Waals surface area contributed by atoms with Crippen molar-refractivity contribution in [1.29, 1.82) is 0 Å². The van der Waals surface area contributed by atoms with Crippen molar-refractivity contribution in [3.05, 3.63) is 35.4 Å². The second-order valence-corrected chi connectivity index (χ2v) is 4.80. The first kappa shape index (κ1) is 13.7. The summed E-state index contributed by atoms with van der Waals surface area (Å²) >= 11 is 0. The van der Waals surface area contributed by atoms with E-state index in [1.165, 1.54) is 0 Å². The van der Waals surface area contributed by atoms with E-state index < -0.39 is 0 Å². The van der Waals surface area contributed by atoms with E-state index in [2.05, 4.69) is 19.2 Å². The highest BCUT2D eigenvalue weighted by Crippen LogP contribution is 2.09. The van der Waals surface area contributed by atoms with Gasteiger partial charge >= 0.3 is 0 Å². The monoisotopic (exact) mass is 235 g/mol. The van der Waals surface area contributed by atoms with Gasteiger partial charge in [0.1, 0.15) is 0 Å². The Hall–Kier alpha value is -1.35. The largest absolute Gasteiger partial charge is 0.394 e. The average Bonchev–Trinajstić information content (AvgIpc) is 2.27. The Bertz CT molecular complexity index is 374. The molecule has 94 valence electrons. The molecule has 1 rings (SSSR count). The van der Waals surface area contributed by atoms with Crippen molar-refractivity contribution in [2.45, 2.75) is 33.2 Å². The fourth-order valence-electron chi connectivity index (χ4n) is 1.84. The Morgan fingerprint density at radius 3 is 2.53 bits per heavy atom. The highest BCUT2D eigenvalue weighted by Gasteiger charge is 2.15. The van der Waals surface area contributed by atoms with E-state index in [1.807, 2.05) is 25.1 Å². The third-order valence-electron chi connectivity index (χ3n) is 2.70. The Kier molecular flexibility index (Phi) is 5.16. The number of rotatable bonds is 5. The van der Waals surface area contributed by atoms with E-state index in [0.717, 1.165) is 12.0 Å². The fraction of sp³-hybridized carbons (Fsp3) is 0.500. The predicted molar refractivity (Wildman–Crippen MR) is 69.0 cm³/mol. The van der Waals surface area contributed by atoms with E-state index in [-0.39, 0.29) is 18.6 Å². The molecule has 1 unspecified atom stereocenters. The first-order chi connectivity index (χ1) is 8.04. The third-order valence-corrected chi connectivity index (χ3v) is 2.70. The summed E-state index contributed by atoms with van der Waals surface area (Å²) in [5.74, 6) is 0.340. The van der Waals surface area contributed by atoms with Crippen LogP contribution < -0.4 is 5.32 Å². The molecule has 1 aromatic rings. The lowest BCUT2D eigenvalue weighted by atomic mass is 10.0. The van der Waals surface area contributed by atoms with Crippen molar-refractivity contribution in [3.63, 3.8) is 0 Å². The number of carbonyl (C=O) groups is 1. The molecule has 0 aliphatic heterocycles. The minimum absolute atomic E-state index is 0.0181. The van der Waals surface area contributed by atoms with Gasteiger partial charge in [-0.1, -0.05) is 32.0 Å². The SMILES string of the molecule is Cc1ccccc1C(=O)NC(CO)CC(C)C. The summed E-state index contributed by atoms with van der Waals surface area (Å²) < 4.78 is 0. The molecule has 17 heavy (non-hydrogen) atoms. The van der Waals surface area contributed by atoms with Crippen molar-refractivity contribution in [2.24, 2.45) is 5.92 Å². The van der Waals surface area contributed by atoms with Gasteiger partial charge in [0.2, 0.25) is 0 Å². The lowest BCUT2D eigenvalue weighted by Crippen LogP contribution is -2.38. The Labute approximate surface area is 103 Å². The molecule has 1 atom stereocenters. The van der Waals surface area contributed by atoms with Gasteiger partial charge in [-0.25, -0.2) is 0 Å². The average molecular weight is 235 g/mol. The van der Waals surface area contributed by atoms with Gasteiger partial charge < -0.3 is 10.4 Å². The summed E-state index contributed by atoms with van der Waals surface area (Å²) in [6.45, 7) is 6.03. The van der Waals surface area contributed by atoms with Gasteiger partial charge in [-0.3, -0.25) is 4.79 Å². The number of hydrogen-bond donors (Lipinski definition) is 2. The van der Waals surface area contributed by atoms with E-state index in [9.17, 15) is 9.90 Å². The van der Waals surface area contributed by atoms with Gasteiger partial charge in [0, 0.05) is 5.56 Å². The van der Waals surface area contributed by atoms with Gasteiger partial charge in [0.25, 0.3) is 5.91 Å². The lowest BCUT2D eigenvalue weighted by Gasteiger charge is -2.18. The molecule has 0 fully saturated rings. The second-order valence-electron chi connectivity index (χ2n) is 4.80. The second kappa shape index (κ2) is 6.40. The zero-order valence-electron chi connectivity index (χ0n) is 10.7. The van der Waals surface area contributed by atoms with Crippen LogP contribution in [0.4, 0.5) is 0 Å². The molecule has 3 heteroatoms. The summed E-state index contributed by atoms with van der Waals surface area (Å²) in [4.78, 5) is 12.0. The summed E-state index contributed by atoms with van der Waals surface area (Å²) in [5.41, 5.74) is 1.63. The molecule has 1 aromatic carbocycles. The van der Waals surface area contributed by atoms with Gasteiger partial charge in [-0.2, -0.15) is 0 Å². The van der Waals surface area contributed by atoms with E-state index >= 15 is 0 Å². The molecule has 0 aromatic heterocycles. The van der Waals surface area contributed by atoms with Crippen LogP contribution in [0.2, 0.25) is 0 Å². The number of aliphatic hydroxyl groups excluding tert-OH is 1. The van der Waals surface area contributed by atoms with Crippen molar-refractivity contribution in [1.82, 2.24) is 5.32 Å². The van der Waals surface area contributed by atoms with Crippen molar-refractivity contribution in [3.8, 4) is 0 Å². The molecule has 0 spiro atoms. The number of hydrogen-bond acceptors (Lipinski definition) is 2. The van der Waals surface area contributed by atoms with Gasteiger partial charge in [0.15, 0.2) is 0 Å². The topological polar surface area (TPSA) is 49.3 Å². The normalized spacial score (nSPS) is 12.5. The Morgan fingerprint density at radius 1 is 1.35 bits per heavy atom. The summed E-state index contributed by atoms with van der Waals surface area (Å²) in [6.07, 6.45) is 0.786. The fourth-order valence-corrected chi connectivity index (χ4v) is 1.84. The standard InChI is InChI=1S/C14H21NO2/c1-10(2)8-12(9-16)15-14(17)13-7-5-4-6-11(13)3/h4-7,10,12,16H,8-9H2,1-3H3,(H,15,17). The quantitative estimate of drug-likeness (QED) is 0.821. The van der Waals surface area contributed by atoms with Gasteiger partial charge in [-0.05, 0) is 30.9 Å². The molecule has 3 nitrogen and oxygen atoms in total. The molecule has 0 aliphatic carbocycles. The first-order valence-electron chi connectivity index (χ1n) is 6.02. The molecule has 0 saturated carbocycles. The maximum atomic E-state index is 12.0. The van der Waals surface area contributed by atoms with Crippen LogP contribution in [-0.2, 0) is 0 Å². The zero-order valence-corrected chi connectivity index (χ0v) is 10.7. The van der Waals surface area contributed by atoms with Gasteiger partial charge in [0.05, 0.1) is 12.6 Å². The molecule has 0 bridgehead atoms. The number of nitrogens with one attached hydrogen (secondary N) is 1. The number of amides is 1. The maximum absolute atomic E-state index is 12.0. The number of benzene rings is 1. The zero-order chi connectivity index (χ0) is 12.8. The number of aliphatic hydroxyl groups is 1. The highest BCUT2D eigenvalue weighted by atomic mass is 16.3. The summed E-state index contributed by atoms with van der Waals surface area (Å²) in [6, 6.07) is 7.30. The molecule has 1 amide bonds. The summed E-state index contributed by atoms with van der Waals surface area (Å²) in [5, 5.41) is 12.1. The van der Waals surface area contributed by atoms with E-state index in [1.54, 1.807) is 6.07 Å². The van der Waals surface area contributed by atoms with Crippen LogP contribution in [0.3, 0.4) is 0 Å². The van der Waals surface area contributed by atoms with E-state index in [4.69, 9.17) is 0 Å². The summed E-state index contributed by atoms with van der Waals surface area (Å²) in [7, 11) is 0. The van der Waals surface area contributed by atoms with Crippen LogP contribution in [0, 0.1) is 12.8 Å². The van der Waals surface area contributed by atoms with Crippen molar-refractivity contribution in [2.75, 3.05) is 6.61 Å².